The molecule has 1 unspecified atom stereocenters. The van der Waals surface area contributed by atoms with Crippen LogP contribution in [-0.4, -0.2) is 61.4 Å². The van der Waals surface area contributed by atoms with Gasteiger partial charge in [0.2, 0.25) is 11.8 Å². The number of amides is 2. The number of carbonyl (C=O) groups is 2. The molecule has 3 heterocycles. The van der Waals surface area contributed by atoms with Crippen molar-refractivity contribution in [3.63, 3.8) is 0 Å². The van der Waals surface area contributed by atoms with E-state index in [-0.39, 0.29) is 59.7 Å². The first kappa shape index (κ1) is 26.1. The number of nitrogens with zero attached hydrogens (tertiary/aromatic N) is 4. The van der Waals surface area contributed by atoms with E-state index in [9.17, 15) is 27.2 Å². The fraction of sp³-hybridized carbons (Fsp3) is 0.520. The van der Waals surface area contributed by atoms with Gasteiger partial charge in [-0.05, 0) is 37.8 Å². The van der Waals surface area contributed by atoms with E-state index in [0.29, 0.717) is 0 Å². The highest BCUT2D eigenvalue weighted by molar-refractivity contribution is 5.92. The number of imidazole rings is 1. The molecule has 3 aromatic rings. The molecule has 2 atom stereocenters. The number of fused-ring (bicyclic) bond motifs is 1. The zero-order valence-corrected chi connectivity index (χ0v) is 20.8. The molecule has 1 aliphatic carbocycles. The third-order valence-corrected chi connectivity index (χ3v) is 7.50. The minimum atomic E-state index is -2.94. The second-order valence-electron chi connectivity index (χ2n) is 10.2. The number of aryl methyl sites for hydroxylation is 1. The maximum atomic E-state index is 15.6. The number of carbonyl (C=O) groups excluding carboxylic acids is 2. The van der Waals surface area contributed by atoms with Crippen LogP contribution in [0.25, 0.3) is 11.0 Å². The van der Waals surface area contributed by atoms with E-state index in [1.54, 1.807) is 7.05 Å². The summed E-state index contributed by atoms with van der Waals surface area (Å²) in [4.78, 5) is 34.0. The zero-order chi connectivity index (χ0) is 27.4. The number of likely N-dealkylation sites (tertiary alicyclic amines) is 1. The van der Waals surface area contributed by atoms with Crippen LogP contribution in [0.1, 0.15) is 66.4 Å². The van der Waals surface area contributed by atoms with E-state index >= 15 is 4.39 Å². The van der Waals surface area contributed by atoms with Gasteiger partial charge < -0.3 is 15.2 Å². The predicted molar refractivity (Wildman–Crippen MR) is 126 cm³/mol. The molecule has 13 heteroatoms. The van der Waals surface area contributed by atoms with Crippen LogP contribution < -0.4 is 5.32 Å². The third-order valence-electron chi connectivity index (χ3n) is 7.50. The molecule has 2 amide bonds. The highest BCUT2D eigenvalue weighted by atomic mass is 19.3. The number of rotatable bonds is 6. The largest absolute Gasteiger partial charge is 0.340 e. The van der Waals surface area contributed by atoms with Crippen molar-refractivity contribution in [3.05, 3.63) is 47.3 Å². The number of nitrogens with one attached hydrogen (secondary N) is 2. The van der Waals surface area contributed by atoms with Crippen molar-refractivity contribution in [2.45, 2.75) is 56.4 Å². The molecule has 204 valence electrons. The Kier molecular flexibility index (Phi) is 6.42. The molecule has 1 saturated carbocycles. The number of aromatic amines is 1. The van der Waals surface area contributed by atoms with Gasteiger partial charge in [-0.3, -0.25) is 14.3 Å². The fourth-order valence-electron chi connectivity index (χ4n) is 5.25. The van der Waals surface area contributed by atoms with E-state index in [4.69, 9.17) is 0 Å². The average molecular weight is 539 g/mol. The van der Waals surface area contributed by atoms with Gasteiger partial charge >= 0.3 is 0 Å². The fourth-order valence-corrected chi connectivity index (χ4v) is 5.25. The van der Waals surface area contributed by atoms with Crippen LogP contribution in [0.5, 0.6) is 0 Å². The number of halogens is 5. The molecular formula is C25H27F5N6O2. The molecule has 2 aliphatic rings. The van der Waals surface area contributed by atoms with Gasteiger partial charge in [0.15, 0.2) is 5.82 Å². The van der Waals surface area contributed by atoms with Gasteiger partial charge in [-0.1, -0.05) is 6.07 Å². The molecule has 38 heavy (non-hydrogen) atoms. The summed E-state index contributed by atoms with van der Waals surface area (Å²) in [5.41, 5.74) is 0.456. The van der Waals surface area contributed by atoms with Gasteiger partial charge in [0.25, 0.3) is 11.8 Å². The lowest BCUT2D eigenvalue weighted by Gasteiger charge is -2.40. The second kappa shape index (κ2) is 9.35. The Labute approximate surface area is 214 Å². The molecular weight excluding hydrogens is 511 g/mol. The van der Waals surface area contributed by atoms with Gasteiger partial charge in [0.1, 0.15) is 17.0 Å². The van der Waals surface area contributed by atoms with Crippen LogP contribution in [0.2, 0.25) is 0 Å². The summed E-state index contributed by atoms with van der Waals surface area (Å²) < 4.78 is 71.1. The molecule has 0 bridgehead atoms. The Morgan fingerprint density at radius 3 is 2.39 bits per heavy atom. The zero-order valence-electron chi connectivity index (χ0n) is 20.8. The van der Waals surface area contributed by atoms with Crippen LogP contribution in [0.15, 0.2) is 24.4 Å². The molecule has 1 saturated heterocycles. The van der Waals surface area contributed by atoms with Crippen molar-refractivity contribution in [3.8, 4) is 0 Å². The summed E-state index contributed by atoms with van der Waals surface area (Å²) >= 11 is 0. The van der Waals surface area contributed by atoms with Crippen LogP contribution >= 0.6 is 0 Å². The Bertz CT molecular complexity index is 1370. The van der Waals surface area contributed by atoms with Gasteiger partial charge in [-0.15, -0.1) is 0 Å². The Morgan fingerprint density at radius 2 is 1.79 bits per heavy atom. The smallest absolute Gasteiger partial charge is 0.282 e. The van der Waals surface area contributed by atoms with Crippen LogP contribution in [-0.2, 0) is 11.8 Å². The summed E-state index contributed by atoms with van der Waals surface area (Å²) in [6.45, 7) is 0.0336. The molecule has 2 fully saturated rings. The minimum absolute atomic E-state index is 0.00328. The number of aromatic nitrogens is 4. The van der Waals surface area contributed by atoms with E-state index in [2.05, 4.69) is 20.4 Å². The van der Waals surface area contributed by atoms with Crippen molar-refractivity contribution in [1.29, 1.82) is 0 Å². The molecule has 8 nitrogen and oxygen atoms in total. The first-order valence-corrected chi connectivity index (χ1v) is 12.4. The first-order valence-electron chi connectivity index (χ1n) is 12.4. The molecule has 5 rings (SSSR count). The van der Waals surface area contributed by atoms with Crippen LogP contribution in [0, 0.1) is 11.7 Å². The molecule has 1 aromatic carbocycles. The summed E-state index contributed by atoms with van der Waals surface area (Å²) in [6.07, 6.45) is 1.01. The first-order chi connectivity index (χ1) is 17.8. The molecule has 1 aliphatic heterocycles. The van der Waals surface area contributed by atoms with Crippen LogP contribution in [0.4, 0.5) is 22.0 Å². The highest BCUT2D eigenvalue weighted by Gasteiger charge is 2.47. The number of H-pyrrole nitrogens is 1. The topological polar surface area (TPSA) is 95.9 Å². The highest BCUT2D eigenvalue weighted by Crippen LogP contribution is 2.41. The van der Waals surface area contributed by atoms with E-state index in [0.717, 1.165) is 4.90 Å². The number of hydrogen-bond donors (Lipinski definition) is 2. The monoisotopic (exact) mass is 538 g/mol. The van der Waals surface area contributed by atoms with E-state index in [1.165, 1.54) is 36.0 Å². The normalized spacial score (nSPS) is 20.7. The van der Waals surface area contributed by atoms with Gasteiger partial charge in [-0.25, -0.2) is 26.9 Å². The molecule has 0 radical (unpaired) electrons. The van der Waals surface area contributed by atoms with Gasteiger partial charge in [-0.2, -0.15) is 5.10 Å². The maximum absolute atomic E-state index is 15.6. The Morgan fingerprint density at radius 1 is 1.11 bits per heavy atom. The van der Waals surface area contributed by atoms with Crippen LogP contribution in [0.3, 0.4) is 0 Å². The number of benzene rings is 1. The van der Waals surface area contributed by atoms with Crippen molar-refractivity contribution < 1.29 is 31.5 Å². The second-order valence-corrected chi connectivity index (χ2v) is 10.2. The Balaban J connectivity index is 1.45. The number of hydrogen-bond acceptors (Lipinski definition) is 4. The van der Waals surface area contributed by atoms with Crippen molar-refractivity contribution >= 4 is 22.8 Å². The van der Waals surface area contributed by atoms with Gasteiger partial charge in [0, 0.05) is 31.6 Å². The van der Waals surface area contributed by atoms with E-state index < -0.39 is 54.5 Å². The lowest BCUT2D eigenvalue weighted by atomic mass is 9.81. The summed E-state index contributed by atoms with van der Waals surface area (Å²) in [5, 5.41) is 6.83. The van der Waals surface area contributed by atoms with Crippen molar-refractivity contribution in [2.24, 2.45) is 13.0 Å². The molecule has 0 spiro atoms. The average Bonchev–Trinajstić information content (AvgIpc) is 3.47. The summed E-state index contributed by atoms with van der Waals surface area (Å²) in [5.74, 6) is -8.82. The van der Waals surface area contributed by atoms with Gasteiger partial charge in [0.05, 0.1) is 30.6 Å². The van der Waals surface area contributed by atoms with Crippen molar-refractivity contribution in [2.75, 3.05) is 13.1 Å². The third kappa shape index (κ3) is 4.85. The standard InChI is InChI=1S/C25H27F5N6O2/c1-13(23(38)36-11-25(29,30)12-36)15-3-4-16-20(18(15)26)33-21(32-16)19(14-5-8-24(27,28)9-6-14)34-22(37)17-7-10-31-35(17)2/h3-4,7,10,13-14,19H,5-6,8-9,11-12H2,1-2H3,(H,32,33)(H,34,37)/t13?,19-/m0/s1. The summed E-state index contributed by atoms with van der Waals surface area (Å²) in [7, 11) is 1.59. The lowest BCUT2D eigenvalue weighted by Crippen LogP contribution is -2.59. The predicted octanol–water partition coefficient (Wildman–Crippen LogP) is 4.31. The van der Waals surface area contributed by atoms with Crippen molar-refractivity contribution in [1.82, 2.24) is 30.0 Å². The minimum Gasteiger partial charge on any atom is -0.340 e. The Hall–Kier alpha value is -3.51. The SMILES string of the molecule is CC(C(=O)N1CC(F)(F)C1)c1ccc2[nH]c([C@@H](NC(=O)c3ccnn3C)C3CCC(F)(F)CC3)nc2c1F. The number of alkyl halides is 4. The molecule has 2 aromatic heterocycles. The summed E-state index contributed by atoms with van der Waals surface area (Å²) in [6, 6.07) is 3.61. The maximum Gasteiger partial charge on any atom is 0.282 e. The lowest BCUT2D eigenvalue weighted by molar-refractivity contribution is -0.166. The molecule has 2 N–H and O–H groups in total. The van der Waals surface area contributed by atoms with E-state index in [1.807, 2.05) is 0 Å². The quantitative estimate of drug-likeness (QED) is 0.457.